The van der Waals surface area contributed by atoms with Crippen molar-refractivity contribution in [3.05, 3.63) is 88.2 Å². The molecule has 10 nitrogen and oxygen atoms in total. The predicted octanol–water partition coefficient (Wildman–Crippen LogP) is 6.22. The summed E-state index contributed by atoms with van der Waals surface area (Å²) in [6.07, 6.45) is 7.09. The normalized spacial score (nSPS) is 18.7. The third-order valence-electron chi connectivity index (χ3n) is 8.99. The second-order valence-electron chi connectivity index (χ2n) is 13.8. The Kier molecular flexibility index (Phi) is 9.00. The first kappa shape index (κ1) is 34.8. The Morgan fingerprint density at radius 1 is 1.13 bits per heavy atom. The van der Waals surface area contributed by atoms with Crippen LogP contribution >= 0.6 is 0 Å². The van der Waals surface area contributed by atoms with Crippen LogP contribution in [0.4, 0.5) is 0 Å². The summed E-state index contributed by atoms with van der Waals surface area (Å²) in [7, 11) is -7.51. The fourth-order valence-corrected chi connectivity index (χ4v) is 9.40. The van der Waals surface area contributed by atoms with E-state index in [0.717, 1.165) is 23.4 Å². The van der Waals surface area contributed by atoms with Crippen LogP contribution in [0.15, 0.2) is 65.7 Å². The van der Waals surface area contributed by atoms with E-state index in [1.807, 2.05) is 36.6 Å². The molecule has 0 saturated carbocycles. The van der Waals surface area contributed by atoms with E-state index in [2.05, 4.69) is 25.7 Å². The second kappa shape index (κ2) is 12.2. The molecule has 2 heterocycles. The number of aromatic nitrogens is 3. The van der Waals surface area contributed by atoms with E-state index in [-0.39, 0.29) is 18.1 Å². The van der Waals surface area contributed by atoms with Crippen molar-refractivity contribution in [1.82, 2.24) is 13.5 Å². The lowest BCUT2D eigenvalue weighted by atomic mass is 9.90. The van der Waals surface area contributed by atoms with Crippen LogP contribution in [0.5, 0.6) is 0 Å². The average Bonchev–Trinajstić information content (AvgIpc) is 3.61. The summed E-state index contributed by atoms with van der Waals surface area (Å²) in [4.78, 5) is 4.96. The van der Waals surface area contributed by atoms with Gasteiger partial charge < -0.3 is 14.0 Å². The van der Waals surface area contributed by atoms with Gasteiger partial charge in [-0.1, -0.05) is 37.8 Å². The molecule has 2 unspecified atom stereocenters. The van der Waals surface area contributed by atoms with Crippen molar-refractivity contribution in [3.8, 4) is 6.07 Å². The minimum absolute atomic E-state index is 0.0267. The van der Waals surface area contributed by atoms with E-state index < -0.39 is 38.3 Å². The first-order valence-corrected chi connectivity index (χ1v) is 22.4. The van der Waals surface area contributed by atoms with Gasteiger partial charge in [0.15, 0.2) is 9.84 Å². The van der Waals surface area contributed by atoms with E-state index in [0.29, 0.717) is 40.0 Å². The van der Waals surface area contributed by atoms with E-state index in [1.165, 1.54) is 22.3 Å². The van der Waals surface area contributed by atoms with Crippen LogP contribution in [0.1, 0.15) is 42.8 Å². The number of benzene rings is 2. The molecule has 13 heteroatoms. The summed E-state index contributed by atoms with van der Waals surface area (Å²) in [5.41, 5.74) is 2.59. The lowest BCUT2D eigenvalue weighted by Gasteiger charge is -2.31. The molecule has 0 bridgehead atoms. The van der Waals surface area contributed by atoms with Crippen molar-refractivity contribution in [2.24, 2.45) is 0 Å². The molecule has 1 aliphatic rings. The summed E-state index contributed by atoms with van der Waals surface area (Å²) in [6.45, 7) is 13.0. The van der Waals surface area contributed by atoms with Crippen molar-refractivity contribution >= 4 is 49.9 Å². The molecule has 0 amide bonds. The number of sulfone groups is 1. The Hall–Kier alpha value is -3.54. The van der Waals surface area contributed by atoms with Crippen LogP contribution in [0.25, 0.3) is 21.9 Å². The predicted molar refractivity (Wildman–Crippen MR) is 188 cm³/mol. The molecule has 0 radical (unpaired) electrons. The topological polar surface area (TPSA) is 133 Å². The number of rotatable bonds is 11. The largest absolute Gasteiger partial charge is 0.366 e. The van der Waals surface area contributed by atoms with Gasteiger partial charge in [-0.25, -0.2) is 25.8 Å². The lowest BCUT2D eigenvalue weighted by Crippen LogP contribution is -2.39. The molecule has 2 aromatic heterocycles. The van der Waals surface area contributed by atoms with Gasteiger partial charge in [0.25, 0.3) is 0 Å². The van der Waals surface area contributed by atoms with E-state index in [4.69, 9.17) is 14.5 Å². The minimum atomic E-state index is -4.14. The van der Waals surface area contributed by atoms with Crippen molar-refractivity contribution < 1.29 is 26.3 Å². The molecule has 1 aliphatic carbocycles. The number of imidazole rings is 1. The highest BCUT2D eigenvalue weighted by Crippen LogP contribution is 2.41. The molecule has 250 valence electrons. The van der Waals surface area contributed by atoms with Crippen LogP contribution in [0.3, 0.4) is 0 Å². The molecule has 5 rings (SSSR count). The van der Waals surface area contributed by atoms with Gasteiger partial charge in [0.2, 0.25) is 10.0 Å². The maximum absolute atomic E-state index is 14.4. The maximum Gasteiger partial charge on any atom is 0.248 e. The van der Waals surface area contributed by atoms with Gasteiger partial charge in [-0.15, -0.1) is 0 Å². The van der Waals surface area contributed by atoms with E-state index >= 15 is 0 Å². The van der Waals surface area contributed by atoms with Gasteiger partial charge in [0, 0.05) is 45.2 Å². The van der Waals surface area contributed by atoms with Gasteiger partial charge in [0.1, 0.15) is 22.9 Å². The van der Waals surface area contributed by atoms with Crippen molar-refractivity contribution in [1.29, 1.82) is 5.26 Å². The van der Waals surface area contributed by atoms with E-state index in [1.54, 1.807) is 38.3 Å². The average molecular weight is 695 g/mol. The van der Waals surface area contributed by atoms with E-state index in [9.17, 15) is 22.1 Å². The highest BCUT2D eigenvalue weighted by atomic mass is 32.2. The molecule has 0 aliphatic heterocycles. The molecular formula is C34H42N4O6S2Si. The lowest BCUT2D eigenvalue weighted by molar-refractivity contribution is 0.0188. The number of hydrogen-bond acceptors (Lipinski definition) is 8. The van der Waals surface area contributed by atoms with Gasteiger partial charge in [-0.05, 0) is 75.2 Å². The van der Waals surface area contributed by atoms with Crippen LogP contribution < -0.4 is 0 Å². The molecule has 0 spiro atoms. The van der Waals surface area contributed by atoms with Crippen molar-refractivity contribution in [2.75, 3.05) is 20.0 Å². The number of hydrogen-bond donors (Lipinski definition) is 0. The molecule has 0 fully saturated rings. The molecule has 4 aromatic rings. The summed E-state index contributed by atoms with van der Waals surface area (Å²) in [5, 5.41) is 10.2. The quantitative estimate of drug-likeness (QED) is 0.134. The van der Waals surface area contributed by atoms with Crippen LogP contribution in [-0.4, -0.2) is 63.2 Å². The standard InChI is InChI=1S/C34H42N4O6S2Si/c1-24-11-13-28(27-15-17-38(31(24)27)46(41,42)33(2)16-9-10-26(21-33)45(5,39)40)34(3,43-4)32-36-29-20-25(22-35)12-14-30(29)37(32)23-44-18-19-47(6,7)8/h9-15,17,20-21H,16,18-19,23H2,1-8H3. The zero-order valence-electron chi connectivity index (χ0n) is 28.2. The van der Waals surface area contributed by atoms with Gasteiger partial charge in [0.05, 0.1) is 33.1 Å². The third kappa shape index (κ3) is 6.25. The summed E-state index contributed by atoms with van der Waals surface area (Å²) >= 11 is 0. The van der Waals surface area contributed by atoms with Crippen LogP contribution in [-0.2, 0) is 41.7 Å². The number of methoxy groups -OCH3 is 1. The van der Waals surface area contributed by atoms with Gasteiger partial charge >= 0.3 is 0 Å². The molecule has 2 aromatic carbocycles. The Morgan fingerprint density at radius 2 is 1.85 bits per heavy atom. The summed E-state index contributed by atoms with van der Waals surface area (Å²) < 4.78 is 67.7. The number of nitriles is 1. The highest BCUT2D eigenvalue weighted by Gasteiger charge is 2.42. The fraction of sp³-hybridized carbons (Fsp3) is 0.412. The van der Waals surface area contributed by atoms with Gasteiger partial charge in [-0.2, -0.15) is 5.26 Å². The van der Waals surface area contributed by atoms with Crippen molar-refractivity contribution in [3.63, 3.8) is 0 Å². The first-order valence-electron chi connectivity index (χ1n) is 15.4. The summed E-state index contributed by atoms with van der Waals surface area (Å²) in [6, 6.07) is 14.0. The number of ether oxygens (including phenoxy) is 2. The monoisotopic (exact) mass is 694 g/mol. The van der Waals surface area contributed by atoms with Crippen molar-refractivity contribution in [2.45, 2.75) is 70.0 Å². The van der Waals surface area contributed by atoms with Crippen LogP contribution in [0, 0.1) is 18.3 Å². The second-order valence-corrected chi connectivity index (χ2v) is 23.7. The number of aryl methyl sites for hydroxylation is 1. The number of fused-ring (bicyclic) bond motifs is 2. The zero-order valence-corrected chi connectivity index (χ0v) is 30.8. The van der Waals surface area contributed by atoms with Gasteiger partial charge in [-0.3, -0.25) is 0 Å². The molecule has 2 atom stereocenters. The van der Waals surface area contributed by atoms with Crippen LogP contribution in [0.2, 0.25) is 25.7 Å². The Morgan fingerprint density at radius 3 is 2.49 bits per heavy atom. The Bertz CT molecular complexity index is 2200. The maximum atomic E-state index is 14.4. The molecule has 0 saturated heterocycles. The fourth-order valence-electron chi connectivity index (χ4n) is 6.01. The summed E-state index contributed by atoms with van der Waals surface area (Å²) in [5.74, 6) is 0.545. The molecular weight excluding hydrogens is 653 g/mol. The smallest absolute Gasteiger partial charge is 0.248 e. The number of allylic oxidation sites excluding steroid dienone is 2. The SMILES string of the molecule is COC(C)(c1ccc(C)c2c1ccn2S(=O)(=O)C1(C)C=C(S(C)(=O)=O)C=CC1)c1nc2cc(C#N)ccc2n1COCC[Si](C)(C)C. The highest BCUT2D eigenvalue weighted by molar-refractivity contribution is 7.95. The molecule has 47 heavy (non-hydrogen) atoms. The number of nitrogens with zero attached hydrogens (tertiary/aromatic N) is 4. The third-order valence-corrected chi connectivity index (χ3v) is 14.1. The molecule has 0 N–H and O–H groups in total. The Labute approximate surface area is 278 Å². The zero-order chi connectivity index (χ0) is 34.6. The Balaban J connectivity index is 1.68. The minimum Gasteiger partial charge on any atom is -0.366 e. The first-order chi connectivity index (χ1) is 21.9.